The third-order valence-corrected chi connectivity index (χ3v) is 3.63. The third-order valence-electron chi connectivity index (χ3n) is 3.63. The first-order valence-corrected chi connectivity index (χ1v) is 6.84. The third kappa shape index (κ3) is 2.86. The molecule has 0 heterocycles. The van der Waals surface area contributed by atoms with E-state index in [1.807, 2.05) is 24.3 Å². The van der Waals surface area contributed by atoms with E-state index >= 15 is 0 Å². The van der Waals surface area contributed by atoms with Gasteiger partial charge in [0, 0.05) is 0 Å². The zero-order valence-corrected chi connectivity index (χ0v) is 11.7. The van der Waals surface area contributed by atoms with Crippen LogP contribution in [0.25, 0.3) is 0 Å². The highest BCUT2D eigenvalue weighted by atomic mass is 15.0. The van der Waals surface area contributed by atoms with Crippen LogP contribution in [-0.2, 0) is 18.5 Å². The quantitative estimate of drug-likeness (QED) is 0.824. The summed E-state index contributed by atoms with van der Waals surface area (Å²) in [7, 11) is 0. The number of hydrogen-bond acceptors (Lipinski definition) is 2. The molecule has 0 fully saturated rings. The highest BCUT2D eigenvalue weighted by Gasteiger charge is 2.24. The zero-order valence-electron chi connectivity index (χ0n) is 11.7. The molecule has 2 heteroatoms. The monoisotopic (exact) mass is 254 g/mol. The molecule has 0 atom stereocenters. The van der Waals surface area contributed by atoms with Gasteiger partial charge in [-0.3, -0.25) is 0 Å². The van der Waals surface area contributed by atoms with Gasteiger partial charge in [0.15, 0.2) is 0 Å². The normalized spacial score (nSPS) is 11.6. The van der Waals surface area contributed by atoms with Crippen LogP contribution < -0.4 is 11.5 Å². The van der Waals surface area contributed by atoms with E-state index in [1.54, 1.807) is 0 Å². The van der Waals surface area contributed by atoms with Crippen molar-refractivity contribution in [3.63, 3.8) is 0 Å². The van der Waals surface area contributed by atoms with Gasteiger partial charge in [-0.1, -0.05) is 62.4 Å². The molecule has 2 rings (SSSR count). The lowest BCUT2D eigenvalue weighted by atomic mass is 9.90. The van der Waals surface area contributed by atoms with Crippen LogP contribution >= 0.6 is 0 Å². The predicted octanol–water partition coefficient (Wildman–Crippen LogP) is 2.93. The summed E-state index contributed by atoms with van der Waals surface area (Å²) in [6, 6.07) is 16.4. The van der Waals surface area contributed by atoms with Crippen molar-refractivity contribution in [2.45, 2.75) is 32.4 Å². The molecule has 2 nitrogen and oxygen atoms in total. The van der Waals surface area contributed by atoms with E-state index in [-0.39, 0.29) is 0 Å². The maximum atomic E-state index is 6.38. The molecule has 0 spiro atoms. The highest BCUT2D eigenvalue weighted by molar-refractivity contribution is 5.40. The Morgan fingerprint density at radius 1 is 0.789 bits per heavy atom. The molecule has 0 unspecified atom stereocenters. The summed E-state index contributed by atoms with van der Waals surface area (Å²) in [6.45, 7) is 4.26. The van der Waals surface area contributed by atoms with Crippen LogP contribution in [0.5, 0.6) is 0 Å². The Balaban J connectivity index is 2.44. The van der Waals surface area contributed by atoms with Crippen molar-refractivity contribution in [3.05, 3.63) is 70.8 Å². The summed E-state index contributed by atoms with van der Waals surface area (Å²) in [6.07, 6.45) is 1.97. The van der Waals surface area contributed by atoms with E-state index in [4.69, 9.17) is 11.5 Å². The Kier molecular flexibility index (Phi) is 4.03. The number of aryl methyl sites for hydroxylation is 2. The van der Waals surface area contributed by atoms with Gasteiger partial charge in [-0.15, -0.1) is 0 Å². The summed E-state index contributed by atoms with van der Waals surface area (Å²) < 4.78 is 0. The molecule has 100 valence electrons. The summed E-state index contributed by atoms with van der Waals surface area (Å²) in [4.78, 5) is 0. The first-order valence-electron chi connectivity index (χ1n) is 6.84. The molecule has 0 saturated heterocycles. The van der Waals surface area contributed by atoms with Gasteiger partial charge in [-0.2, -0.15) is 0 Å². The van der Waals surface area contributed by atoms with Gasteiger partial charge >= 0.3 is 0 Å². The second-order valence-corrected chi connectivity index (χ2v) is 4.98. The Hall–Kier alpha value is -1.64. The van der Waals surface area contributed by atoms with Crippen molar-refractivity contribution >= 4 is 0 Å². The lowest BCUT2D eigenvalue weighted by molar-refractivity contribution is 0.566. The van der Waals surface area contributed by atoms with Gasteiger partial charge in [0.1, 0.15) is 5.66 Å². The Morgan fingerprint density at radius 2 is 1.21 bits per heavy atom. The SMILES string of the molecule is CCc1cccc(C(N)(N)c2cccc(CC)c2)c1. The Morgan fingerprint density at radius 3 is 1.58 bits per heavy atom. The molecule has 2 aromatic rings. The van der Waals surface area contributed by atoms with Gasteiger partial charge in [-0.05, 0) is 35.1 Å². The van der Waals surface area contributed by atoms with Crippen molar-refractivity contribution in [1.82, 2.24) is 0 Å². The van der Waals surface area contributed by atoms with Gasteiger partial charge in [-0.25, -0.2) is 0 Å². The molecule has 4 N–H and O–H groups in total. The van der Waals surface area contributed by atoms with Gasteiger partial charge in [0.05, 0.1) is 0 Å². The van der Waals surface area contributed by atoms with Crippen LogP contribution in [0.3, 0.4) is 0 Å². The fourth-order valence-corrected chi connectivity index (χ4v) is 2.26. The molecule has 0 saturated carbocycles. The van der Waals surface area contributed by atoms with E-state index in [9.17, 15) is 0 Å². The number of nitrogens with two attached hydrogens (primary N) is 2. The Bertz CT molecular complexity index is 509. The highest BCUT2D eigenvalue weighted by Crippen LogP contribution is 2.23. The van der Waals surface area contributed by atoms with Crippen LogP contribution in [0.15, 0.2) is 48.5 Å². The van der Waals surface area contributed by atoms with Crippen molar-refractivity contribution in [2.24, 2.45) is 11.5 Å². The second kappa shape index (κ2) is 5.55. The van der Waals surface area contributed by atoms with Crippen molar-refractivity contribution in [3.8, 4) is 0 Å². The minimum atomic E-state index is -0.934. The average molecular weight is 254 g/mol. The van der Waals surface area contributed by atoms with Crippen LogP contribution in [0.2, 0.25) is 0 Å². The largest absolute Gasteiger partial charge is 0.306 e. The molecule has 0 aliphatic carbocycles. The van der Waals surface area contributed by atoms with Crippen LogP contribution in [-0.4, -0.2) is 0 Å². The summed E-state index contributed by atoms with van der Waals surface area (Å²) in [5.41, 5.74) is 16.3. The molecule has 0 aliphatic rings. The van der Waals surface area contributed by atoms with Crippen LogP contribution in [0.1, 0.15) is 36.1 Å². The van der Waals surface area contributed by atoms with Crippen molar-refractivity contribution < 1.29 is 0 Å². The smallest absolute Gasteiger partial charge is 0.116 e. The lowest BCUT2D eigenvalue weighted by Gasteiger charge is -2.26. The zero-order chi connectivity index (χ0) is 13.9. The standard InChI is InChI=1S/C17H22N2/c1-3-13-7-5-9-15(11-13)17(18,19)16-10-6-8-14(4-2)12-16/h5-12H,3-4,18-19H2,1-2H3. The number of hydrogen-bond donors (Lipinski definition) is 2. The van der Waals surface area contributed by atoms with Crippen molar-refractivity contribution in [1.29, 1.82) is 0 Å². The lowest BCUT2D eigenvalue weighted by Crippen LogP contribution is -2.47. The summed E-state index contributed by atoms with van der Waals surface area (Å²) in [5.74, 6) is 0. The summed E-state index contributed by atoms with van der Waals surface area (Å²) in [5, 5.41) is 0. The van der Waals surface area contributed by atoms with E-state index in [2.05, 4.69) is 38.1 Å². The topological polar surface area (TPSA) is 52.0 Å². The molecular formula is C17H22N2. The van der Waals surface area contributed by atoms with Gasteiger partial charge in [0.2, 0.25) is 0 Å². The van der Waals surface area contributed by atoms with E-state index in [0.29, 0.717) is 0 Å². The molecule has 0 bridgehead atoms. The molecular weight excluding hydrogens is 232 g/mol. The fraction of sp³-hybridized carbons (Fsp3) is 0.294. The van der Waals surface area contributed by atoms with Gasteiger partial charge < -0.3 is 11.5 Å². The van der Waals surface area contributed by atoms with Crippen LogP contribution in [0, 0.1) is 0 Å². The van der Waals surface area contributed by atoms with Crippen molar-refractivity contribution in [2.75, 3.05) is 0 Å². The van der Waals surface area contributed by atoms with E-state index in [1.165, 1.54) is 11.1 Å². The minimum absolute atomic E-state index is 0.934. The van der Waals surface area contributed by atoms with E-state index < -0.39 is 5.66 Å². The fourth-order valence-electron chi connectivity index (χ4n) is 2.26. The molecule has 19 heavy (non-hydrogen) atoms. The van der Waals surface area contributed by atoms with Crippen LogP contribution in [0.4, 0.5) is 0 Å². The molecule has 0 aliphatic heterocycles. The number of rotatable bonds is 4. The first kappa shape index (κ1) is 13.8. The maximum absolute atomic E-state index is 6.38. The first-order chi connectivity index (χ1) is 9.07. The second-order valence-electron chi connectivity index (χ2n) is 4.98. The number of benzene rings is 2. The predicted molar refractivity (Wildman–Crippen MR) is 80.8 cm³/mol. The molecule has 0 radical (unpaired) electrons. The molecule has 0 aromatic heterocycles. The summed E-state index contributed by atoms with van der Waals surface area (Å²) >= 11 is 0. The minimum Gasteiger partial charge on any atom is -0.306 e. The average Bonchev–Trinajstić information content (AvgIpc) is 2.47. The van der Waals surface area contributed by atoms with Gasteiger partial charge in [0.25, 0.3) is 0 Å². The molecule has 0 amide bonds. The van der Waals surface area contributed by atoms with E-state index in [0.717, 1.165) is 24.0 Å². The molecule has 2 aromatic carbocycles. The maximum Gasteiger partial charge on any atom is 0.116 e. The Labute approximate surface area is 115 Å².